The van der Waals surface area contributed by atoms with Crippen molar-refractivity contribution in [3.05, 3.63) is 29.8 Å². The molecular weight excluding hydrogens is 254 g/mol. The standard InChI is InChI=1S/C15H21N3O2/c1-16-15(20)10-18(11-19)14-4-2-12(3-5-14)13-6-8-17-9-7-13/h2-5,11,13,17H,6-10H2,1H3,(H,16,20). The molecule has 1 aliphatic heterocycles. The Labute approximate surface area is 119 Å². The zero-order chi connectivity index (χ0) is 14.4. The number of hydrogen-bond acceptors (Lipinski definition) is 3. The quantitative estimate of drug-likeness (QED) is 0.784. The molecule has 1 aliphatic rings. The number of anilines is 1. The lowest BCUT2D eigenvalue weighted by molar-refractivity contribution is -0.120. The average molecular weight is 275 g/mol. The molecule has 0 atom stereocenters. The number of hydrogen-bond donors (Lipinski definition) is 2. The fraction of sp³-hybridized carbons (Fsp3) is 0.467. The lowest BCUT2D eigenvalue weighted by Gasteiger charge is -2.24. The van der Waals surface area contributed by atoms with E-state index in [0.29, 0.717) is 12.3 Å². The van der Waals surface area contributed by atoms with Crippen molar-refractivity contribution in [1.29, 1.82) is 0 Å². The van der Waals surface area contributed by atoms with E-state index in [-0.39, 0.29) is 12.5 Å². The Hall–Kier alpha value is -1.88. The Morgan fingerprint density at radius 2 is 2.00 bits per heavy atom. The summed E-state index contributed by atoms with van der Waals surface area (Å²) in [6.07, 6.45) is 2.98. The molecule has 2 rings (SSSR count). The summed E-state index contributed by atoms with van der Waals surface area (Å²) >= 11 is 0. The highest BCUT2D eigenvalue weighted by atomic mass is 16.2. The van der Waals surface area contributed by atoms with E-state index in [4.69, 9.17) is 0 Å². The van der Waals surface area contributed by atoms with Gasteiger partial charge < -0.3 is 15.5 Å². The van der Waals surface area contributed by atoms with Crippen molar-refractivity contribution in [2.45, 2.75) is 18.8 Å². The van der Waals surface area contributed by atoms with Gasteiger partial charge in [0.25, 0.3) is 0 Å². The number of amides is 2. The number of carbonyl (C=O) groups is 2. The van der Waals surface area contributed by atoms with Gasteiger partial charge in [0.05, 0.1) is 0 Å². The first kappa shape index (κ1) is 14.5. The lowest BCUT2D eigenvalue weighted by Crippen LogP contribution is -2.34. The molecule has 0 aromatic heterocycles. The number of likely N-dealkylation sites (N-methyl/N-ethyl adjacent to an activating group) is 1. The largest absolute Gasteiger partial charge is 0.358 e. The number of rotatable bonds is 5. The van der Waals surface area contributed by atoms with Crippen molar-refractivity contribution in [3.63, 3.8) is 0 Å². The molecule has 1 fully saturated rings. The summed E-state index contributed by atoms with van der Waals surface area (Å²) in [6, 6.07) is 7.95. The third kappa shape index (κ3) is 3.57. The Morgan fingerprint density at radius 1 is 1.35 bits per heavy atom. The smallest absolute Gasteiger partial charge is 0.239 e. The normalized spacial score (nSPS) is 15.7. The third-order valence-corrected chi connectivity index (χ3v) is 3.76. The molecule has 0 unspecified atom stereocenters. The molecule has 0 bridgehead atoms. The predicted molar refractivity (Wildman–Crippen MR) is 78.8 cm³/mol. The fourth-order valence-electron chi connectivity index (χ4n) is 2.52. The van der Waals surface area contributed by atoms with Crippen LogP contribution in [0.4, 0.5) is 5.69 Å². The van der Waals surface area contributed by atoms with Crippen LogP contribution in [-0.2, 0) is 9.59 Å². The highest BCUT2D eigenvalue weighted by Gasteiger charge is 2.16. The number of carbonyl (C=O) groups excluding carboxylic acids is 2. The van der Waals surface area contributed by atoms with Gasteiger partial charge in [-0.3, -0.25) is 9.59 Å². The zero-order valence-corrected chi connectivity index (χ0v) is 11.8. The highest BCUT2D eigenvalue weighted by molar-refractivity contribution is 5.88. The van der Waals surface area contributed by atoms with E-state index in [9.17, 15) is 9.59 Å². The lowest BCUT2D eigenvalue weighted by atomic mass is 9.90. The van der Waals surface area contributed by atoms with E-state index in [1.807, 2.05) is 12.1 Å². The van der Waals surface area contributed by atoms with E-state index >= 15 is 0 Å². The van der Waals surface area contributed by atoms with Gasteiger partial charge in [-0.15, -0.1) is 0 Å². The fourth-order valence-corrected chi connectivity index (χ4v) is 2.52. The zero-order valence-electron chi connectivity index (χ0n) is 11.8. The van der Waals surface area contributed by atoms with Gasteiger partial charge in [-0.25, -0.2) is 0 Å². The molecule has 1 aromatic rings. The minimum atomic E-state index is -0.181. The van der Waals surface area contributed by atoms with Crippen molar-refractivity contribution in [3.8, 4) is 0 Å². The monoisotopic (exact) mass is 275 g/mol. The molecule has 20 heavy (non-hydrogen) atoms. The molecule has 0 radical (unpaired) electrons. The average Bonchev–Trinajstić information content (AvgIpc) is 2.53. The summed E-state index contributed by atoms with van der Waals surface area (Å²) in [5.74, 6) is 0.411. The first-order chi connectivity index (χ1) is 9.74. The van der Waals surface area contributed by atoms with E-state index in [2.05, 4.69) is 22.8 Å². The first-order valence-corrected chi connectivity index (χ1v) is 6.98. The number of benzene rings is 1. The second-order valence-electron chi connectivity index (χ2n) is 5.02. The predicted octanol–water partition coefficient (Wildman–Crippen LogP) is 0.862. The SMILES string of the molecule is CNC(=O)CN(C=O)c1ccc(C2CCNCC2)cc1. The molecule has 0 saturated carbocycles. The molecule has 0 spiro atoms. The summed E-state index contributed by atoms with van der Waals surface area (Å²) in [4.78, 5) is 23.8. The summed E-state index contributed by atoms with van der Waals surface area (Å²) in [7, 11) is 1.56. The van der Waals surface area contributed by atoms with E-state index < -0.39 is 0 Å². The first-order valence-electron chi connectivity index (χ1n) is 6.98. The Kier molecular flexibility index (Phi) is 5.12. The van der Waals surface area contributed by atoms with Crippen LogP contribution in [0.3, 0.4) is 0 Å². The van der Waals surface area contributed by atoms with Crippen LogP contribution >= 0.6 is 0 Å². The second-order valence-corrected chi connectivity index (χ2v) is 5.02. The van der Waals surface area contributed by atoms with E-state index in [1.54, 1.807) is 7.05 Å². The van der Waals surface area contributed by atoms with Crippen molar-refractivity contribution in [2.75, 3.05) is 31.6 Å². The molecule has 108 valence electrons. The number of nitrogens with one attached hydrogen (secondary N) is 2. The number of nitrogens with zero attached hydrogens (tertiary/aromatic N) is 1. The summed E-state index contributed by atoms with van der Waals surface area (Å²) < 4.78 is 0. The molecule has 5 nitrogen and oxygen atoms in total. The van der Waals surface area contributed by atoms with E-state index in [0.717, 1.165) is 31.6 Å². The molecule has 5 heteroatoms. The van der Waals surface area contributed by atoms with Crippen LogP contribution in [0, 0.1) is 0 Å². The maximum absolute atomic E-state index is 11.4. The van der Waals surface area contributed by atoms with Gasteiger partial charge in [-0.2, -0.15) is 0 Å². The minimum Gasteiger partial charge on any atom is -0.358 e. The Bertz CT molecular complexity index is 453. The van der Waals surface area contributed by atoms with Gasteiger partial charge in [-0.05, 0) is 49.5 Å². The Morgan fingerprint density at radius 3 is 2.55 bits per heavy atom. The van der Waals surface area contributed by atoms with Gasteiger partial charge in [-0.1, -0.05) is 12.1 Å². The van der Waals surface area contributed by atoms with Crippen LogP contribution in [0.1, 0.15) is 24.3 Å². The van der Waals surface area contributed by atoms with Crippen LogP contribution in [0.2, 0.25) is 0 Å². The third-order valence-electron chi connectivity index (χ3n) is 3.76. The second kappa shape index (κ2) is 7.05. The topological polar surface area (TPSA) is 61.4 Å². The van der Waals surface area contributed by atoms with Gasteiger partial charge in [0.2, 0.25) is 12.3 Å². The maximum atomic E-state index is 11.4. The summed E-state index contributed by atoms with van der Waals surface area (Å²) in [5, 5.41) is 5.87. The van der Waals surface area contributed by atoms with Crippen molar-refractivity contribution in [2.24, 2.45) is 0 Å². The van der Waals surface area contributed by atoms with Gasteiger partial charge in [0, 0.05) is 12.7 Å². The number of piperidine rings is 1. The van der Waals surface area contributed by atoms with Gasteiger partial charge in [0.15, 0.2) is 0 Å². The van der Waals surface area contributed by atoms with Crippen LogP contribution < -0.4 is 15.5 Å². The van der Waals surface area contributed by atoms with Crippen molar-refractivity contribution in [1.82, 2.24) is 10.6 Å². The molecule has 2 N–H and O–H groups in total. The van der Waals surface area contributed by atoms with Crippen LogP contribution in [0.25, 0.3) is 0 Å². The Balaban J connectivity index is 2.05. The van der Waals surface area contributed by atoms with Crippen molar-refractivity contribution < 1.29 is 9.59 Å². The van der Waals surface area contributed by atoms with Crippen LogP contribution in [0.15, 0.2) is 24.3 Å². The molecule has 1 heterocycles. The maximum Gasteiger partial charge on any atom is 0.239 e. The van der Waals surface area contributed by atoms with Crippen LogP contribution in [0.5, 0.6) is 0 Å². The van der Waals surface area contributed by atoms with E-state index in [1.165, 1.54) is 10.5 Å². The highest BCUT2D eigenvalue weighted by Crippen LogP contribution is 2.26. The molecule has 1 saturated heterocycles. The molecule has 1 aromatic carbocycles. The molecule has 0 aliphatic carbocycles. The summed E-state index contributed by atoms with van der Waals surface area (Å²) in [6.45, 7) is 2.17. The molecular formula is C15H21N3O2. The van der Waals surface area contributed by atoms with Gasteiger partial charge >= 0.3 is 0 Å². The van der Waals surface area contributed by atoms with Crippen LogP contribution in [-0.4, -0.2) is 39.0 Å². The van der Waals surface area contributed by atoms with Gasteiger partial charge in [0.1, 0.15) is 6.54 Å². The summed E-state index contributed by atoms with van der Waals surface area (Å²) in [5.41, 5.74) is 2.06. The van der Waals surface area contributed by atoms with Crippen molar-refractivity contribution >= 4 is 18.0 Å². The molecule has 2 amide bonds. The minimum absolute atomic E-state index is 0.0483.